The summed E-state index contributed by atoms with van der Waals surface area (Å²) < 4.78 is 6.67. The van der Waals surface area contributed by atoms with Crippen molar-refractivity contribution in [2.45, 2.75) is 32.6 Å². The number of hydrogen-bond acceptors (Lipinski definition) is 5. The molecule has 0 unspecified atom stereocenters. The van der Waals surface area contributed by atoms with Crippen LogP contribution in [0.4, 0.5) is 0 Å². The number of thioether (sulfide) groups is 2. The van der Waals surface area contributed by atoms with Crippen LogP contribution < -0.4 is 4.74 Å². The van der Waals surface area contributed by atoms with E-state index in [2.05, 4.69) is 11.9 Å². The fourth-order valence-electron chi connectivity index (χ4n) is 2.07. The predicted octanol–water partition coefficient (Wildman–Crippen LogP) is 4.98. The molecule has 1 aromatic rings. The van der Waals surface area contributed by atoms with Crippen LogP contribution in [0, 0.1) is 0 Å². The first-order chi connectivity index (χ1) is 10.7. The lowest BCUT2D eigenvalue weighted by molar-refractivity contribution is -0.107. The van der Waals surface area contributed by atoms with Crippen molar-refractivity contribution in [2.24, 2.45) is 4.99 Å². The van der Waals surface area contributed by atoms with E-state index in [4.69, 9.17) is 4.74 Å². The molecule has 5 heteroatoms. The smallest absolute Gasteiger partial charge is 0.244 e. The third-order valence-electron chi connectivity index (χ3n) is 3.24. The van der Waals surface area contributed by atoms with Crippen molar-refractivity contribution in [1.82, 2.24) is 0 Å². The Morgan fingerprint density at radius 1 is 1.27 bits per heavy atom. The Balaban J connectivity index is 2.05. The van der Waals surface area contributed by atoms with Gasteiger partial charge in [0.15, 0.2) is 0 Å². The van der Waals surface area contributed by atoms with Gasteiger partial charge in [0.1, 0.15) is 15.8 Å². The van der Waals surface area contributed by atoms with Gasteiger partial charge in [-0.3, -0.25) is 4.79 Å². The Hall–Kier alpha value is -1.20. The van der Waals surface area contributed by atoms with Gasteiger partial charge < -0.3 is 4.74 Å². The second-order valence-electron chi connectivity index (χ2n) is 4.95. The molecule has 1 aromatic carbocycles. The van der Waals surface area contributed by atoms with Gasteiger partial charge in [0.05, 0.1) is 6.61 Å². The number of carbonyl (C=O) groups excluding carboxylic acids is 1. The van der Waals surface area contributed by atoms with E-state index < -0.39 is 0 Å². The molecule has 0 aliphatic carbocycles. The Labute approximate surface area is 140 Å². The number of ether oxygens (including phenoxy) is 1. The molecule has 0 aromatic heterocycles. The highest BCUT2D eigenvalue weighted by Gasteiger charge is 2.21. The monoisotopic (exact) mass is 335 g/mol. The van der Waals surface area contributed by atoms with Crippen molar-refractivity contribution in [2.75, 3.05) is 12.9 Å². The molecule has 0 saturated carbocycles. The maximum Gasteiger partial charge on any atom is 0.244 e. The number of unbranched alkanes of at least 4 members (excludes halogenated alkanes) is 3. The van der Waals surface area contributed by atoms with E-state index in [0.717, 1.165) is 22.1 Å². The highest BCUT2D eigenvalue weighted by atomic mass is 32.2. The van der Waals surface area contributed by atoms with Crippen molar-refractivity contribution in [3.63, 3.8) is 0 Å². The topological polar surface area (TPSA) is 38.7 Å². The average molecular weight is 335 g/mol. The number of carbonyl (C=O) groups is 1. The summed E-state index contributed by atoms with van der Waals surface area (Å²) in [5.74, 6) is 0.817. The summed E-state index contributed by atoms with van der Waals surface area (Å²) in [4.78, 5) is 16.3. The molecule has 0 radical (unpaired) electrons. The lowest BCUT2D eigenvalue weighted by Crippen LogP contribution is -1.99. The second kappa shape index (κ2) is 9.06. The molecule has 1 aliphatic heterocycles. The summed E-state index contributed by atoms with van der Waals surface area (Å²) in [7, 11) is 0. The van der Waals surface area contributed by atoms with E-state index in [9.17, 15) is 4.79 Å². The molecule has 22 heavy (non-hydrogen) atoms. The fourth-order valence-corrected chi connectivity index (χ4v) is 3.33. The highest BCUT2D eigenvalue weighted by Crippen LogP contribution is 2.31. The van der Waals surface area contributed by atoms with Crippen LogP contribution in [0.2, 0.25) is 0 Å². The molecule has 1 heterocycles. The zero-order chi connectivity index (χ0) is 15.8. The predicted molar refractivity (Wildman–Crippen MR) is 97.6 cm³/mol. The third kappa shape index (κ3) is 4.92. The van der Waals surface area contributed by atoms with Crippen LogP contribution in [0.25, 0.3) is 6.08 Å². The van der Waals surface area contributed by atoms with Crippen molar-refractivity contribution in [1.29, 1.82) is 0 Å². The molecular weight excluding hydrogens is 314 g/mol. The summed E-state index contributed by atoms with van der Waals surface area (Å²) in [5, 5.41) is 0.00194. The zero-order valence-electron chi connectivity index (χ0n) is 13.0. The van der Waals surface area contributed by atoms with Crippen LogP contribution in [0.15, 0.2) is 35.0 Å². The van der Waals surface area contributed by atoms with E-state index in [-0.39, 0.29) is 5.12 Å². The number of aliphatic imine (C=N–C) groups is 1. The molecule has 0 saturated heterocycles. The van der Waals surface area contributed by atoms with E-state index in [0.29, 0.717) is 12.3 Å². The fraction of sp³-hybridized carbons (Fsp3) is 0.412. The van der Waals surface area contributed by atoms with Gasteiger partial charge in [-0.2, -0.15) is 0 Å². The van der Waals surface area contributed by atoms with E-state index in [1.54, 1.807) is 0 Å². The highest BCUT2D eigenvalue weighted by molar-refractivity contribution is 8.45. The van der Waals surface area contributed by atoms with Gasteiger partial charge in [-0.05, 0) is 36.6 Å². The van der Waals surface area contributed by atoms with Crippen LogP contribution >= 0.6 is 23.5 Å². The molecule has 0 atom stereocenters. The zero-order valence-corrected chi connectivity index (χ0v) is 14.6. The van der Waals surface area contributed by atoms with Crippen LogP contribution in [-0.4, -0.2) is 22.4 Å². The van der Waals surface area contributed by atoms with Gasteiger partial charge in [0.25, 0.3) is 0 Å². The SMILES string of the molecule is CCCCCCOc1ccccc1/C=C1/N=C(SC)SC1=O. The molecule has 2 rings (SSSR count). The standard InChI is InChI=1S/C17H21NO2S2/c1-3-4-5-8-11-20-15-10-7-6-9-13(15)12-14-16(19)22-17(18-14)21-2/h6-7,9-10,12H,3-5,8,11H2,1-2H3/b14-12+. The van der Waals surface area contributed by atoms with Crippen LogP contribution in [0.3, 0.4) is 0 Å². The van der Waals surface area contributed by atoms with E-state index in [1.807, 2.05) is 36.6 Å². The molecule has 0 bridgehead atoms. The summed E-state index contributed by atoms with van der Waals surface area (Å²) in [6, 6.07) is 7.80. The first kappa shape index (κ1) is 17.2. The Morgan fingerprint density at radius 2 is 2.09 bits per heavy atom. The summed E-state index contributed by atoms with van der Waals surface area (Å²) in [5.41, 5.74) is 1.41. The van der Waals surface area contributed by atoms with Gasteiger partial charge in [0.2, 0.25) is 5.12 Å². The third-order valence-corrected chi connectivity index (χ3v) is 5.09. The van der Waals surface area contributed by atoms with Crippen LogP contribution in [0.5, 0.6) is 5.75 Å². The molecule has 1 aliphatic rings. The Kier molecular flexibility index (Phi) is 7.06. The minimum absolute atomic E-state index is 0.00194. The van der Waals surface area contributed by atoms with E-state index in [1.165, 1.54) is 42.8 Å². The molecule has 0 amide bonds. The minimum Gasteiger partial charge on any atom is -0.493 e. The minimum atomic E-state index is 0.00194. The van der Waals surface area contributed by atoms with Gasteiger partial charge >= 0.3 is 0 Å². The van der Waals surface area contributed by atoms with Crippen molar-refractivity contribution < 1.29 is 9.53 Å². The van der Waals surface area contributed by atoms with Gasteiger partial charge in [0, 0.05) is 5.56 Å². The second-order valence-corrected chi connectivity index (χ2v) is 6.96. The lowest BCUT2D eigenvalue weighted by Gasteiger charge is -2.09. The number of benzene rings is 1. The molecule has 3 nitrogen and oxygen atoms in total. The van der Waals surface area contributed by atoms with Crippen molar-refractivity contribution in [3.05, 3.63) is 35.5 Å². The van der Waals surface area contributed by atoms with Gasteiger partial charge in [-0.15, -0.1) is 11.8 Å². The molecular formula is C17H21NO2S2. The first-order valence-electron chi connectivity index (χ1n) is 7.53. The molecule has 118 valence electrons. The van der Waals surface area contributed by atoms with Gasteiger partial charge in [-0.25, -0.2) is 4.99 Å². The number of hydrogen-bond donors (Lipinski definition) is 0. The lowest BCUT2D eigenvalue weighted by atomic mass is 10.1. The molecule has 0 fully saturated rings. The summed E-state index contributed by atoms with van der Waals surface area (Å²) in [6.07, 6.45) is 8.46. The van der Waals surface area contributed by atoms with Crippen molar-refractivity contribution in [3.8, 4) is 5.75 Å². The maximum absolute atomic E-state index is 11.9. The van der Waals surface area contributed by atoms with Crippen molar-refractivity contribution >= 4 is 39.1 Å². The largest absolute Gasteiger partial charge is 0.493 e. The Morgan fingerprint density at radius 3 is 2.82 bits per heavy atom. The first-order valence-corrected chi connectivity index (χ1v) is 9.57. The summed E-state index contributed by atoms with van der Waals surface area (Å²) in [6.45, 7) is 2.91. The van der Waals surface area contributed by atoms with Gasteiger partial charge in [-0.1, -0.05) is 44.4 Å². The molecule has 0 spiro atoms. The average Bonchev–Trinajstić information content (AvgIpc) is 2.89. The quantitative estimate of drug-likeness (QED) is 0.520. The maximum atomic E-state index is 11.9. The molecule has 0 N–H and O–H groups in total. The number of rotatable bonds is 7. The normalized spacial score (nSPS) is 16.2. The van der Waals surface area contributed by atoms with Crippen LogP contribution in [0.1, 0.15) is 38.2 Å². The van der Waals surface area contributed by atoms with Crippen LogP contribution in [-0.2, 0) is 4.79 Å². The van der Waals surface area contributed by atoms with E-state index >= 15 is 0 Å². The Bertz CT molecular complexity index is 582. The number of nitrogens with zero attached hydrogens (tertiary/aromatic N) is 1. The number of para-hydroxylation sites is 1. The summed E-state index contributed by atoms with van der Waals surface area (Å²) >= 11 is 2.69.